The molecule has 1 heterocycles. The Bertz CT molecular complexity index is 526. The van der Waals surface area contributed by atoms with Gasteiger partial charge >= 0.3 is 0 Å². The molecule has 0 saturated heterocycles. The Morgan fingerprint density at radius 3 is 2.48 bits per heavy atom. The van der Waals surface area contributed by atoms with Gasteiger partial charge in [0.25, 0.3) is 0 Å². The summed E-state index contributed by atoms with van der Waals surface area (Å²) >= 11 is 5.89. The summed E-state index contributed by atoms with van der Waals surface area (Å²) in [6.07, 6.45) is 7.94. The molecule has 1 aliphatic carbocycles. The van der Waals surface area contributed by atoms with E-state index < -0.39 is 0 Å². The predicted molar refractivity (Wildman–Crippen MR) is 104 cm³/mol. The fourth-order valence-electron chi connectivity index (χ4n) is 3.89. The van der Waals surface area contributed by atoms with Crippen molar-refractivity contribution in [1.29, 1.82) is 0 Å². The Hall–Kier alpha value is -0.910. The number of aromatic nitrogens is 2. The summed E-state index contributed by atoms with van der Waals surface area (Å²) in [6.45, 7) is 10.1. The number of halogens is 1. The molecule has 1 fully saturated rings. The topological polar surface area (TPSA) is 70.1 Å². The summed E-state index contributed by atoms with van der Waals surface area (Å²) in [5, 5.41) is 17.1. The molecule has 6 heteroatoms. The highest BCUT2D eigenvalue weighted by Gasteiger charge is 2.30. The molecule has 0 bridgehead atoms. The third kappa shape index (κ3) is 6.39. The average molecular weight is 369 g/mol. The number of rotatable bonds is 7. The molecule has 0 amide bonds. The maximum Gasteiger partial charge on any atom is 0.149 e. The van der Waals surface area contributed by atoms with Crippen molar-refractivity contribution in [1.82, 2.24) is 15.3 Å². The lowest BCUT2D eigenvalue weighted by Gasteiger charge is -2.38. The number of hydrogen-bond donors (Lipinski definition) is 3. The minimum Gasteiger partial charge on any atom is -0.396 e. The van der Waals surface area contributed by atoms with Crippen LogP contribution in [0.2, 0.25) is 5.15 Å². The third-order valence-corrected chi connectivity index (χ3v) is 5.40. The monoisotopic (exact) mass is 368 g/mol. The number of aliphatic hydroxyl groups is 1. The van der Waals surface area contributed by atoms with Gasteiger partial charge in [0.2, 0.25) is 0 Å². The Kier molecular flexibility index (Phi) is 7.47. The maximum absolute atomic E-state index is 9.53. The van der Waals surface area contributed by atoms with Crippen LogP contribution in [0.15, 0.2) is 12.4 Å². The normalized spacial score (nSPS) is 23.9. The molecular formula is C19H33ClN4O. The number of anilines is 1. The lowest BCUT2D eigenvalue weighted by molar-refractivity contribution is 0.129. The van der Waals surface area contributed by atoms with Crippen molar-refractivity contribution in [3.05, 3.63) is 17.5 Å². The quantitative estimate of drug-likeness (QED) is 0.684. The van der Waals surface area contributed by atoms with E-state index in [4.69, 9.17) is 11.6 Å². The summed E-state index contributed by atoms with van der Waals surface area (Å²) in [5.41, 5.74) is 0.145. The van der Waals surface area contributed by atoms with E-state index in [9.17, 15) is 5.11 Å². The largest absolute Gasteiger partial charge is 0.396 e. The first kappa shape index (κ1) is 20.4. The molecular weight excluding hydrogens is 336 g/mol. The smallest absolute Gasteiger partial charge is 0.149 e. The van der Waals surface area contributed by atoms with Crippen molar-refractivity contribution < 1.29 is 5.11 Å². The minimum absolute atomic E-state index is 0.145. The first-order valence-electron chi connectivity index (χ1n) is 9.38. The van der Waals surface area contributed by atoms with Gasteiger partial charge < -0.3 is 15.7 Å². The van der Waals surface area contributed by atoms with Crippen LogP contribution < -0.4 is 10.6 Å². The van der Waals surface area contributed by atoms with Crippen LogP contribution >= 0.6 is 11.6 Å². The van der Waals surface area contributed by atoms with Crippen molar-refractivity contribution in [3.63, 3.8) is 0 Å². The van der Waals surface area contributed by atoms with Crippen molar-refractivity contribution in [2.45, 2.75) is 65.5 Å². The summed E-state index contributed by atoms with van der Waals surface area (Å²) in [7, 11) is 0. The molecule has 3 N–H and O–H groups in total. The van der Waals surface area contributed by atoms with Crippen LogP contribution in [0, 0.1) is 17.3 Å². The SMILES string of the molecule is CC(CO)C(NCC1CCC(Nc2cncc(Cl)n2)CC1)C(C)(C)C. The highest BCUT2D eigenvalue weighted by Crippen LogP contribution is 2.29. The van der Waals surface area contributed by atoms with Crippen LogP contribution in [0.1, 0.15) is 53.4 Å². The number of aliphatic hydroxyl groups excluding tert-OH is 1. The van der Waals surface area contributed by atoms with Gasteiger partial charge in [-0.05, 0) is 49.5 Å². The molecule has 1 aromatic rings. The fourth-order valence-corrected chi connectivity index (χ4v) is 4.04. The van der Waals surface area contributed by atoms with Crippen LogP contribution in [0.5, 0.6) is 0 Å². The van der Waals surface area contributed by atoms with Crippen molar-refractivity contribution >= 4 is 17.4 Å². The molecule has 0 aliphatic heterocycles. The molecule has 0 radical (unpaired) electrons. The van der Waals surface area contributed by atoms with E-state index in [2.05, 4.69) is 48.3 Å². The van der Waals surface area contributed by atoms with Gasteiger partial charge in [-0.1, -0.05) is 39.3 Å². The summed E-state index contributed by atoms with van der Waals surface area (Å²) < 4.78 is 0. The predicted octanol–water partition coefficient (Wildman–Crippen LogP) is 3.73. The Labute approximate surface area is 157 Å². The second-order valence-corrected chi connectivity index (χ2v) is 8.89. The molecule has 5 nitrogen and oxygen atoms in total. The standard InChI is InChI=1S/C19H33ClN4O/c1-13(12-25)18(19(2,3)4)22-9-14-5-7-15(8-6-14)23-17-11-21-10-16(20)24-17/h10-11,13-15,18,22,25H,5-9,12H2,1-4H3,(H,23,24). The zero-order valence-corrected chi connectivity index (χ0v) is 16.7. The van der Waals surface area contributed by atoms with Crippen LogP contribution in [-0.4, -0.2) is 40.3 Å². The number of nitrogens with one attached hydrogen (secondary N) is 2. The Morgan fingerprint density at radius 1 is 1.24 bits per heavy atom. The molecule has 0 aromatic carbocycles. The zero-order valence-electron chi connectivity index (χ0n) is 15.9. The van der Waals surface area contributed by atoms with E-state index >= 15 is 0 Å². The number of nitrogens with zero attached hydrogens (tertiary/aromatic N) is 2. The van der Waals surface area contributed by atoms with E-state index in [-0.39, 0.29) is 17.9 Å². The van der Waals surface area contributed by atoms with Gasteiger partial charge in [-0.2, -0.15) is 0 Å². The molecule has 142 valence electrons. The van der Waals surface area contributed by atoms with Crippen LogP contribution in [0.4, 0.5) is 5.82 Å². The minimum atomic E-state index is 0.145. The van der Waals surface area contributed by atoms with Crippen molar-refractivity contribution in [3.8, 4) is 0 Å². The average Bonchev–Trinajstić information content (AvgIpc) is 2.55. The molecule has 2 rings (SSSR count). The molecule has 0 spiro atoms. The second kappa shape index (κ2) is 9.15. The summed E-state index contributed by atoms with van der Waals surface area (Å²) in [5.74, 6) is 1.72. The molecule has 25 heavy (non-hydrogen) atoms. The molecule has 1 saturated carbocycles. The number of hydrogen-bond acceptors (Lipinski definition) is 5. The van der Waals surface area contributed by atoms with Gasteiger partial charge in [0, 0.05) is 18.7 Å². The summed E-state index contributed by atoms with van der Waals surface area (Å²) in [4.78, 5) is 8.33. The van der Waals surface area contributed by atoms with Crippen LogP contribution in [-0.2, 0) is 0 Å². The Morgan fingerprint density at radius 2 is 1.92 bits per heavy atom. The molecule has 2 unspecified atom stereocenters. The Balaban J connectivity index is 1.78. The second-order valence-electron chi connectivity index (χ2n) is 8.50. The van der Waals surface area contributed by atoms with Gasteiger partial charge in [-0.15, -0.1) is 0 Å². The van der Waals surface area contributed by atoms with E-state index in [1.807, 2.05) is 0 Å². The van der Waals surface area contributed by atoms with Gasteiger partial charge in [0.1, 0.15) is 11.0 Å². The van der Waals surface area contributed by atoms with Crippen molar-refractivity contribution in [2.24, 2.45) is 17.3 Å². The van der Waals surface area contributed by atoms with E-state index in [1.165, 1.54) is 12.8 Å². The van der Waals surface area contributed by atoms with Gasteiger partial charge in [0.05, 0.1) is 12.4 Å². The van der Waals surface area contributed by atoms with Crippen molar-refractivity contribution in [2.75, 3.05) is 18.5 Å². The lowest BCUT2D eigenvalue weighted by atomic mass is 9.79. The van der Waals surface area contributed by atoms with E-state index in [0.717, 1.165) is 25.2 Å². The van der Waals surface area contributed by atoms with Crippen LogP contribution in [0.3, 0.4) is 0 Å². The first-order valence-corrected chi connectivity index (χ1v) is 9.75. The van der Waals surface area contributed by atoms with Gasteiger partial charge in [-0.3, -0.25) is 4.98 Å². The molecule has 1 aliphatic rings. The zero-order chi connectivity index (χ0) is 18.4. The van der Waals surface area contributed by atoms with E-state index in [0.29, 0.717) is 23.2 Å². The fraction of sp³-hybridized carbons (Fsp3) is 0.789. The summed E-state index contributed by atoms with van der Waals surface area (Å²) in [6, 6.07) is 0.772. The molecule has 2 atom stereocenters. The van der Waals surface area contributed by atoms with Gasteiger partial charge in [0.15, 0.2) is 0 Å². The van der Waals surface area contributed by atoms with E-state index in [1.54, 1.807) is 12.4 Å². The maximum atomic E-state index is 9.53. The highest BCUT2D eigenvalue weighted by atomic mass is 35.5. The van der Waals surface area contributed by atoms with Gasteiger partial charge in [-0.25, -0.2) is 4.98 Å². The first-order chi connectivity index (χ1) is 11.8. The lowest BCUT2D eigenvalue weighted by Crippen LogP contribution is -2.48. The highest BCUT2D eigenvalue weighted by molar-refractivity contribution is 6.29. The third-order valence-electron chi connectivity index (χ3n) is 5.22. The molecule has 1 aromatic heterocycles. The van der Waals surface area contributed by atoms with Crippen LogP contribution in [0.25, 0.3) is 0 Å².